The highest BCUT2D eigenvalue weighted by molar-refractivity contribution is 7.99. The molecule has 9 nitrogen and oxygen atoms in total. The highest BCUT2D eigenvalue weighted by atomic mass is 35.5. The predicted octanol–water partition coefficient (Wildman–Crippen LogP) is 4.34. The maximum atomic E-state index is 12.5. The van der Waals surface area contributed by atoms with E-state index in [1.54, 1.807) is 25.1 Å². The van der Waals surface area contributed by atoms with E-state index in [0.717, 1.165) is 6.42 Å². The summed E-state index contributed by atoms with van der Waals surface area (Å²) >= 11 is 7.27. The van der Waals surface area contributed by atoms with E-state index in [1.165, 1.54) is 24.4 Å². The quantitative estimate of drug-likeness (QED) is 0.335. The Balaban J connectivity index is 1.53. The van der Waals surface area contributed by atoms with E-state index in [0.29, 0.717) is 39.7 Å². The molecule has 1 aromatic heterocycles. The molecule has 1 heterocycles. The van der Waals surface area contributed by atoms with Crippen LogP contribution in [0.1, 0.15) is 32.2 Å². The Labute approximate surface area is 219 Å². The van der Waals surface area contributed by atoms with Crippen molar-refractivity contribution in [2.45, 2.75) is 51.5 Å². The van der Waals surface area contributed by atoms with Crippen molar-refractivity contribution in [1.82, 2.24) is 20.1 Å². The molecular formula is C25H30ClN5O4S. The second kappa shape index (κ2) is 13.2. The number of hydrogen-bond donors (Lipinski definition) is 2. The number of nitrogens with one attached hydrogen (secondary N) is 2. The molecule has 3 rings (SSSR count). The van der Waals surface area contributed by atoms with Crippen LogP contribution in [0.3, 0.4) is 0 Å². The van der Waals surface area contributed by atoms with Gasteiger partial charge in [0.2, 0.25) is 5.91 Å². The fourth-order valence-electron chi connectivity index (χ4n) is 3.34. The van der Waals surface area contributed by atoms with Gasteiger partial charge in [0.25, 0.3) is 5.91 Å². The van der Waals surface area contributed by atoms with Gasteiger partial charge in [-0.25, -0.2) is 0 Å². The van der Waals surface area contributed by atoms with Crippen molar-refractivity contribution in [2.75, 3.05) is 18.2 Å². The van der Waals surface area contributed by atoms with E-state index in [4.69, 9.17) is 21.1 Å². The summed E-state index contributed by atoms with van der Waals surface area (Å²) in [7, 11) is 1.52. The molecule has 1 atom stereocenters. The van der Waals surface area contributed by atoms with Crippen molar-refractivity contribution in [3.8, 4) is 11.5 Å². The van der Waals surface area contributed by atoms with Crippen molar-refractivity contribution in [2.24, 2.45) is 0 Å². The summed E-state index contributed by atoms with van der Waals surface area (Å²) in [5.74, 6) is 1.36. The number of ether oxygens (including phenoxy) is 2. The Hall–Kier alpha value is -3.24. The Morgan fingerprint density at radius 2 is 1.89 bits per heavy atom. The number of halogens is 1. The second-order valence-corrected chi connectivity index (χ2v) is 9.18. The lowest BCUT2D eigenvalue weighted by molar-refractivity contribution is -0.127. The zero-order valence-electron chi connectivity index (χ0n) is 20.7. The van der Waals surface area contributed by atoms with Crippen molar-refractivity contribution in [3.05, 3.63) is 58.9 Å². The molecule has 0 saturated heterocycles. The number of aromatic nitrogens is 3. The predicted molar refractivity (Wildman–Crippen MR) is 141 cm³/mol. The van der Waals surface area contributed by atoms with Crippen molar-refractivity contribution >= 4 is 40.9 Å². The zero-order valence-corrected chi connectivity index (χ0v) is 22.3. The summed E-state index contributed by atoms with van der Waals surface area (Å²) in [6, 6.07) is 12.7. The van der Waals surface area contributed by atoms with Crippen LogP contribution >= 0.6 is 23.4 Å². The highest BCUT2D eigenvalue weighted by Crippen LogP contribution is 2.28. The summed E-state index contributed by atoms with van der Waals surface area (Å²) in [6.45, 7) is 6.50. The lowest BCUT2D eigenvalue weighted by Gasteiger charge is -2.15. The van der Waals surface area contributed by atoms with E-state index in [2.05, 4.69) is 27.8 Å². The zero-order chi connectivity index (χ0) is 26.1. The van der Waals surface area contributed by atoms with Gasteiger partial charge in [0, 0.05) is 11.6 Å². The normalized spacial score (nSPS) is 11.6. The van der Waals surface area contributed by atoms with E-state index >= 15 is 0 Å². The number of thioether (sulfide) groups is 1. The highest BCUT2D eigenvalue weighted by Gasteiger charge is 2.18. The average molecular weight is 532 g/mol. The Kier molecular flexibility index (Phi) is 10.0. The Bertz CT molecular complexity index is 1190. The van der Waals surface area contributed by atoms with Crippen LogP contribution in [-0.2, 0) is 29.1 Å². The molecular weight excluding hydrogens is 502 g/mol. The SMILES string of the molecule is CCc1ccc(O[C@H](C)C(=O)NCc2nnc(SCC(=O)Nc3cc(Cl)ccc3OC)n2CC)cc1. The molecule has 2 N–H and O–H groups in total. The molecule has 11 heteroatoms. The smallest absolute Gasteiger partial charge is 0.261 e. The molecule has 0 bridgehead atoms. The van der Waals surface area contributed by atoms with Gasteiger partial charge in [0.15, 0.2) is 17.1 Å². The first-order valence-corrected chi connectivity index (χ1v) is 12.9. The number of hydrogen-bond acceptors (Lipinski definition) is 7. The molecule has 0 aliphatic heterocycles. The maximum Gasteiger partial charge on any atom is 0.261 e. The number of benzene rings is 2. The van der Waals surface area contributed by atoms with Crippen LogP contribution < -0.4 is 20.1 Å². The van der Waals surface area contributed by atoms with Gasteiger partial charge in [-0.2, -0.15) is 0 Å². The van der Waals surface area contributed by atoms with Crippen LogP contribution in [0.25, 0.3) is 0 Å². The molecule has 0 radical (unpaired) electrons. The first kappa shape index (κ1) is 27.3. The number of anilines is 1. The van der Waals surface area contributed by atoms with Crippen molar-refractivity contribution in [3.63, 3.8) is 0 Å². The molecule has 0 aliphatic rings. The number of aryl methyl sites for hydroxylation is 1. The van der Waals surface area contributed by atoms with Crippen LogP contribution in [-0.4, -0.2) is 45.5 Å². The Morgan fingerprint density at radius 1 is 1.14 bits per heavy atom. The number of carbonyl (C=O) groups excluding carboxylic acids is 2. The summed E-state index contributed by atoms with van der Waals surface area (Å²) < 4.78 is 12.9. The van der Waals surface area contributed by atoms with Crippen molar-refractivity contribution in [1.29, 1.82) is 0 Å². The molecule has 192 valence electrons. The van der Waals surface area contributed by atoms with Gasteiger partial charge < -0.3 is 24.7 Å². The first-order chi connectivity index (χ1) is 17.3. The fourth-order valence-corrected chi connectivity index (χ4v) is 4.33. The van der Waals surface area contributed by atoms with Crippen LogP contribution in [0.4, 0.5) is 5.69 Å². The van der Waals surface area contributed by atoms with Gasteiger partial charge >= 0.3 is 0 Å². The number of nitrogens with zero attached hydrogens (tertiary/aromatic N) is 3. The van der Waals surface area contributed by atoms with Gasteiger partial charge in [0.1, 0.15) is 11.5 Å². The monoisotopic (exact) mass is 531 g/mol. The Morgan fingerprint density at radius 3 is 2.56 bits per heavy atom. The van der Waals surface area contributed by atoms with E-state index in [9.17, 15) is 9.59 Å². The molecule has 0 unspecified atom stereocenters. The lowest BCUT2D eigenvalue weighted by Crippen LogP contribution is -2.36. The lowest BCUT2D eigenvalue weighted by atomic mass is 10.2. The van der Waals surface area contributed by atoms with Crippen LogP contribution in [0.2, 0.25) is 5.02 Å². The summed E-state index contributed by atoms with van der Waals surface area (Å²) in [5.41, 5.74) is 1.70. The van der Waals surface area contributed by atoms with Crippen molar-refractivity contribution < 1.29 is 19.1 Å². The minimum atomic E-state index is -0.670. The van der Waals surface area contributed by atoms with E-state index < -0.39 is 6.10 Å². The first-order valence-electron chi connectivity index (χ1n) is 11.6. The maximum absolute atomic E-state index is 12.5. The third-order valence-electron chi connectivity index (χ3n) is 5.31. The average Bonchev–Trinajstić information content (AvgIpc) is 3.28. The standard InChI is InChI=1S/C25H30ClN5O4S/c1-5-17-7-10-19(11-8-17)35-16(3)24(33)27-14-22-29-30-25(31(22)6-2)36-15-23(32)28-20-13-18(26)9-12-21(20)34-4/h7-13,16H,5-6,14-15H2,1-4H3,(H,27,33)(H,28,32)/t16-/m1/s1. The molecule has 0 spiro atoms. The second-order valence-electron chi connectivity index (χ2n) is 7.80. The summed E-state index contributed by atoms with van der Waals surface area (Å²) in [6.07, 6.45) is 0.271. The minimum Gasteiger partial charge on any atom is -0.495 e. The van der Waals surface area contributed by atoms with Gasteiger partial charge in [0.05, 0.1) is 25.1 Å². The molecule has 2 aromatic carbocycles. The number of amides is 2. The van der Waals surface area contributed by atoms with Gasteiger partial charge in [-0.05, 0) is 56.2 Å². The molecule has 2 amide bonds. The van der Waals surface area contributed by atoms with E-state index in [1.807, 2.05) is 35.8 Å². The van der Waals surface area contributed by atoms with Gasteiger partial charge in [-0.15, -0.1) is 10.2 Å². The molecule has 0 saturated carbocycles. The molecule has 3 aromatic rings. The van der Waals surface area contributed by atoms with Gasteiger partial charge in [-0.1, -0.05) is 42.4 Å². The fraction of sp³-hybridized carbons (Fsp3) is 0.360. The molecule has 0 fully saturated rings. The van der Waals surface area contributed by atoms with Crippen LogP contribution in [0.5, 0.6) is 11.5 Å². The summed E-state index contributed by atoms with van der Waals surface area (Å²) in [4.78, 5) is 25.0. The third-order valence-corrected chi connectivity index (χ3v) is 6.51. The number of rotatable bonds is 12. The third kappa shape index (κ3) is 7.38. The van der Waals surface area contributed by atoms with E-state index in [-0.39, 0.29) is 24.1 Å². The molecule has 0 aliphatic carbocycles. The molecule has 36 heavy (non-hydrogen) atoms. The summed E-state index contributed by atoms with van der Waals surface area (Å²) in [5, 5.41) is 15.1. The van der Waals surface area contributed by atoms with Crippen LogP contribution in [0, 0.1) is 0 Å². The van der Waals surface area contributed by atoms with Gasteiger partial charge in [-0.3, -0.25) is 9.59 Å². The number of carbonyl (C=O) groups is 2. The van der Waals surface area contributed by atoms with Crippen LogP contribution in [0.15, 0.2) is 47.6 Å². The number of methoxy groups -OCH3 is 1. The topological polar surface area (TPSA) is 107 Å². The largest absolute Gasteiger partial charge is 0.495 e. The minimum absolute atomic E-state index is 0.113.